The highest BCUT2D eigenvalue weighted by molar-refractivity contribution is 6.29. The van der Waals surface area contributed by atoms with Gasteiger partial charge in [-0.1, -0.05) is 41.9 Å². The van der Waals surface area contributed by atoms with Gasteiger partial charge >= 0.3 is 11.7 Å². The summed E-state index contributed by atoms with van der Waals surface area (Å²) < 4.78 is 39.5. The van der Waals surface area contributed by atoms with Gasteiger partial charge in [0.25, 0.3) is 0 Å². The number of benzene rings is 2. The summed E-state index contributed by atoms with van der Waals surface area (Å²) in [5.41, 5.74) is -0.955. The van der Waals surface area contributed by atoms with E-state index in [4.69, 9.17) is 16.4 Å². The number of hydrogen-bond acceptors (Lipinski definition) is 3. The number of hydrogen-bond donors (Lipinski definition) is 0. The predicted molar refractivity (Wildman–Crippen MR) is 82.7 cm³/mol. The molecule has 0 fully saturated rings. The zero-order chi connectivity index (χ0) is 17.3. The molecule has 0 spiro atoms. The van der Waals surface area contributed by atoms with Crippen LogP contribution in [0.4, 0.5) is 13.2 Å². The molecule has 1 heterocycles. The van der Waals surface area contributed by atoms with Crippen molar-refractivity contribution in [3.05, 3.63) is 75.2 Å². The van der Waals surface area contributed by atoms with Crippen LogP contribution in [0.15, 0.2) is 53.3 Å². The van der Waals surface area contributed by atoms with Crippen molar-refractivity contribution in [3.63, 3.8) is 0 Å². The zero-order valence-electron chi connectivity index (χ0n) is 12.0. The Balaban J connectivity index is 2.09. The first-order chi connectivity index (χ1) is 11.4. The number of alkyl halides is 3. The molecule has 0 saturated carbocycles. The summed E-state index contributed by atoms with van der Waals surface area (Å²) in [6.45, 7) is -0.00751. The van der Waals surface area contributed by atoms with Crippen molar-refractivity contribution in [1.82, 2.24) is 9.71 Å². The number of aromatic nitrogens is 2. The van der Waals surface area contributed by atoms with E-state index >= 15 is 0 Å². The van der Waals surface area contributed by atoms with E-state index < -0.39 is 17.3 Å². The molecule has 0 unspecified atom stereocenters. The van der Waals surface area contributed by atoms with E-state index in [9.17, 15) is 18.0 Å². The maximum atomic E-state index is 12.9. The Morgan fingerprint density at radius 2 is 1.83 bits per heavy atom. The Morgan fingerprint density at radius 3 is 2.50 bits per heavy atom. The normalized spacial score (nSPS) is 11.7. The minimum Gasteiger partial charge on any atom is -0.405 e. The van der Waals surface area contributed by atoms with Gasteiger partial charge in [-0.25, -0.2) is 4.98 Å². The average Bonchev–Trinajstić information content (AvgIpc) is 2.55. The first kappa shape index (κ1) is 16.3. The van der Waals surface area contributed by atoms with E-state index in [1.807, 2.05) is 6.07 Å². The van der Waals surface area contributed by atoms with E-state index in [1.165, 1.54) is 0 Å². The number of halogens is 4. The summed E-state index contributed by atoms with van der Waals surface area (Å²) in [6.07, 6.45) is -4.55. The third kappa shape index (κ3) is 3.21. The topological polar surface area (TPSA) is 44.1 Å². The molecule has 0 N–H and O–H groups in total. The van der Waals surface area contributed by atoms with Crippen LogP contribution in [-0.2, 0) is 12.8 Å². The Kier molecular flexibility index (Phi) is 4.19. The summed E-state index contributed by atoms with van der Waals surface area (Å²) in [7, 11) is 0. The van der Waals surface area contributed by atoms with E-state index in [-0.39, 0.29) is 22.8 Å². The number of rotatable bonds is 3. The largest absolute Gasteiger partial charge is 0.416 e. The molecule has 124 valence electrons. The molecule has 0 bridgehead atoms. The highest BCUT2D eigenvalue weighted by atomic mass is 35.5. The molecule has 3 rings (SSSR count). The summed E-state index contributed by atoms with van der Waals surface area (Å²) in [5, 5.41) is -0.379. The lowest BCUT2D eigenvalue weighted by atomic mass is 10.2. The SMILES string of the molecule is O=c1c(Cl)nc2ccc(C(F)(F)F)cc2n1OCc1ccccc1. The van der Waals surface area contributed by atoms with Crippen molar-refractivity contribution < 1.29 is 18.0 Å². The molecule has 24 heavy (non-hydrogen) atoms. The Bertz CT molecular complexity index is 940. The van der Waals surface area contributed by atoms with Gasteiger partial charge in [0.15, 0.2) is 5.15 Å². The van der Waals surface area contributed by atoms with E-state index in [2.05, 4.69) is 4.98 Å². The predicted octanol–water partition coefficient (Wildman–Crippen LogP) is 3.70. The van der Waals surface area contributed by atoms with Gasteiger partial charge in [0.05, 0.1) is 11.1 Å². The summed E-state index contributed by atoms with van der Waals surface area (Å²) in [6, 6.07) is 11.7. The van der Waals surface area contributed by atoms with Gasteiger partial charge in [0.2, 0.25) is 0 Å². The highest BCUT2D eigenvalue weighted by Gasteiger charge is 2.31. The van der Waals surface area contributed by atoms with Crippen LogP contribution in [0.3, 0.4) is 0 Å². The third-order valence-corrected chi connectivity index (χ3v) is 3.55. The lowest BCUT2D eigenvalue weighted by molar-refractivity contribution is -0.137. The lowest BCUT2D eigenvalue weighted by Crippen LogP contribution is -2.28. The molecule has 0 atom stereocenters. The number of nitrogens with zero attached hydrogens (tertiary/aromatic N) is 2. The molecule has 0 amide bonds. The molecule has 4 nitrogen and oxygen atoms in total. The molecule has 1 aromatic heterocycles. The molecule has 2 aromatic carbocycles. The van der Waals surface area contributed by atoms with Crippen molar-refractivity contribution in [1.29, 1.82) is 0 Å². The van der Waals surface area contributed by atoms with Crippen molar-refractivity contribution in [2.75, 3.05) is 0 Å². The molecule has 8 heteroatoms. The Morgan fingerprint density at radius 1 is 1.12 bits per heavy atom. The van der Waals surface area contributed by atoms with Gasteiger partial charge in [-0.2, -0.15) is 13.2 Å². The monoisotopic (exact) mass is 354 g/mol. The average molecular weight is 355 g/mol. The smallest absolute Gasteiger partial charge is 0.405 e. The van der Waals surface area contributed by atoms with E-state index in [1.54, 1.807) is 24.3 Å². The first-order valence-corrected chi connectivity index (χ1v) is 7.21. The Labute approximate surface area is 139 Å². The second-order valence-electron chi connectivity index (χ2n) is 4.96. The van der Waals surface area contributed by atoms with Gasteiger partial charge in [-0.05, 0) is 23.8 Å². The van der Waals surface area contributed by atoms with E-state index in [0.29, 0.717) is 0 Å². The highest BCUT2D eigenvalue weighted by Crippen LogP contribution is 2.30. The van der Waals surface area contributed by atoms with Crippen molar-refractivity contribution >= 4 is 22.6 Å². The maximum absolute atomic E-state index is 12.9. The van der Waals surface area contributed by atoms with Crippen LogP contribution in [0.25, 0.3) is 11.0 Å². The van der Waals surface area contributed by atoms with Gasteiger partial charge in [0.1, 0.15) is 12.1 Å². The van der Waals surface area contributed by atoms with Gasteiger partial charge in [-0.3, -0.25) is 4.79 Å². The first-order valence-electron chi connectivity index (χ1n) is 6.83. The van der Waals surface area contributed by atoms with E-state index in [0.717, 1.165) is 28.5 Å². The molecular formula is C16H10ClF3N2O2. The summed E-state index contributed by atoms with van der Waals surface area (Å²) in [5.74, 6) is 0. The van der Waals surface area contributed by atoms with Gasteiger partial charge < -0.3 is 4.84 Å². The quantitative estimate of drug-likeness (QED) is 0.720. The second kappa shape index (κ2) is 6.16. The van der Waals surface area contributed by atoms with Crippen LogP contribution >= 0.6 is 11.6 Å². The fraction of sp³-hybridized carbons (Fsp3) is 0.125. The number of fused-ring (bicyclic) bond motifs is 1. The van der Waals surface area contributed by atoms with Crippen LogP contribution in [0.1, 0.15) is 11.1 Å². The van der Waals surface area contributed by atoms with Crippen LogP contribution in [0.5, 0.6) is 0 Å². The second-order valence-corrected chi connectivity index (χ2v) is 5.32. The minimum atomic E-state index is -4.55. The fourth-order valence-corrected chi connectivity index (χ4v) is 2.31. The van der Waals surface area contributed by atoms with Crippen LogP contribution in [-0.4, -0.2) is 9.71 Å². The molecule has 0 radical (unpaired) electrons. The minimum absolute atomic E-state index is 0.00751. The van der Waals surface area contributed by atoms with Gasteiger partial charge in [0, 0.05) is 0 Å². The van der Waals surface area contributed by atoms with Crippen LogP contribution in [0.2, 0.25) is 5.15 Å². The summed E-state index contributed by atoms with van der Waals surface area (Å²) in [4.78, 5) is 21.3. The van der Waals surface area contributed by atoms with Crippen molar-refractivity contribution in [2.45, 2.75) is 12.8 Å². The van der Waals surface area contributed by atoms with Crippen molar-refractivity contribution in [3.8, 4) is 0 Å². The van der Waals surface area contributed by atoms with Crippen LogP contribution < -0.4 is 10.4 Å². The lowest BCUT2D eigenvalue weighted by Gasteiger charge is -2.13. The molecular weight excluding hydrogens is 345 g/mol. The van der Waals surface area contributed by atoms with Gasteiger partial charge in [-0.15, -0.1) is 4.73 Å². The van der Waals surface area contributed by atoms with Crippen LogP contribution in [0, 0.1) is 0 Å². The molecule has 0 aliphatic heterocycles. The molecule has 0 aliphatic carbocycles. The Hall–Kier alpha value is -2.54. The zero-order valence-corrected chi connectivity index (χ0v) is 12.8. The molecule has 0 saturated heterocycles. The van der Waals surface area contributed by atoms with Crippen molar-refractivity contribution in [2.24, 2.45) is 0 Å². The molecule has 3 aromatic rings. The summed E-state index contributed by atoms with van der Waals surface area (Å²) >= 11 is 5.76. The third-order valence-electron chi connectivity index (χ3n) is 3.30. The molecule has 0 aliphatic rings. The maximum Gasteiger partial charge on any atom is 0.416 e. The standard InChI is InChI=1S/C16H10ClF3N2O2/c17-14-15(23)22(24-9-10-4-2-1-3-5-10)13-8-11(16(18,19)20)6-7-12(13)21-14/h1-8H,9H2. The fourth-order valence-electron chi connectivity index (χ4n) is 2.15.